The minimum atomic E-state index is -0.243. The van der Waals surface area contributed by atoms with Crippen LogP contribution in [-0.4, -0.2) is 39.5 Å². The Bertz CT molecular complexity index is 519. The van der Waals surface area contributed by atoms with Crippen LogP contribution in [0.3, 0.4) is 0 Å². The van der Waals surface area contributed by atoms with Crippen molar-refractivity contribution in [3.63, 3.8) is 0 Å². The van der Waals surface area contributed by atoms with Crippen molar-refractivity contribution in [3.05, 3.63) is 30.0 Å². The topological polar surface area (TPSA) is 41.3 Å². The molecule has 1 heterocycles. The molecule has 0 spiro atoms. The number of hydrogen-bond acceptors (Lipinski definition) is 3. The van der Waals surface area contributed by atoms with Crippen molar-refractivity contribution in [1.82, 2.24) is 14.7 Å². The lowest BCUT2D eigenvalue weighted by atomic mass is 10.2. The Hall–Kier alpha value is -1.39. The van der Waals surface area contributed by atoms with Gasteiger partial charge in [-0.15, -0.1) is 0 Å². The summed E-state index contributed by atoms with van der Waals surface area (Å²) >= 11 is 0. The first-order chi connectivity index (χ1) is 8.58. The van der Waals surface area contributed by atoms with E-state index < -0.39 is 0 Å². The first-order valence-corrected chi connectivity index (χ1v) is 6.35. The van der Waals surface area contributed by atoms with Crippen molar-refractivity contribution in [2.75, 3.05) is 13.6 Å². The SMILES string of the molecule is CC(O)CCN(C)Cc1nn(C)c2ccccc12. The van der Waals surface area contributed by atoms with Gasteiger partial charge in [0.1, 0.15) is 0 Å². The van der Waals surface area contributed by atoms with Gasteiger partial charge in [0.05, 0.1) is 17.3 Å². The van der Waals surface area contributed by atoms with Crippen LogP contribution in [0.15, 0.2) is 24.3 Å². The van der Waals surface area contributed by atoms with E-state index in [1.807, 2.05) is 30.8 Å². The first kappa shape index (κ1) is 13.1. The van der Waals surface area contributed by atoms with E-state index in [0.29, 0.717) is 0 Å². The van der Waals surface area contributed by atoms with Crippen molar-refractivity contribution in [3.8, 4) is 0 Å². The molecule has 98 valence electrons. The van der Waals surface area contributed by atoms with Gasteiger partial charge in [-0.05, 0) is 26.5 Å². The largest absolute Gasteiger partial charge is 0.393 e. The van der Waals surface area contributed by atoms with Crippen LogP contribution in [0, 0.1) is 0 Å². The van der Waals surface area contributed by atoms with Gasteiger partial charge in [-0.25, -0.2) is 0 Å². The Morgan fingerprint density at radius 1 is 1.39 bits per heavy atom. The summed E-state index contributed by atoms with van der Waals surface area (Å²) in [7, 11) is 4.04. The third-order valence-corrected chi connectivity index (χ3v) is 3.18. The number of nitrogens with zero attached hydrogens (tertiary/aromatic N) is 3. The van der Waals surface area contributed by atoms with Crippen LogP contribution in [0.25, 0.3) is 10.9 Å². The van der Waals surface area contributed by atoms with Crippen molar-refractivity contribution in [1.29, 1.82) is 0 Å². The van der Waals surface area contributed by atoms with Gasteiger partial charge in [-0.3, -0.25) is 4.68 Å². The highest BCUT2D eigenvalue weighted by molar-refractivity contribution is 5.81. The molecule has 0 bridgehead atoms. The molecule has 18 heavy (non-hydrogen) atoms. The summed E-state index contributed by atoms with van der Waals surface area (Å²) in [5.74, 6) is 0. The van der Waals surface area contributed by atoms with Crippen LogP contribution in [0.5, 0.6) is 0 Å². The zero-order chi connectivity index (χ0) is 13.1. The minimum absolute atomic E-state index is 0.243. The van der Waals surface area contributed by atoms with Crippen LogP contribution in [0.1, 0.15) is 19.0 Å². The number of hydrogen-bond donors (Lipinski definition) is 1. The lowest BCUT2D eigenvalue weighted by molar-refractivity contribution is 0.162. The molecule has 0 saturated carbocycles. The molecule has 0 aliphatic heterocycles. The minimum Gasteiger partial charge on any atom is -0.393 e. The predicted octanol–water partition coefficient (Wildman–Crippen LogP) is 1.78. The average molecular weight is 247 g/mol. The first-order valence-electron chi connectivity index (χ1n) is 6.35. The smallest absolute Gasteiger partial charge is 0.0843 e. The Labute approximate surface area is 108 Å². The van der Waals surface area contributed by atoms with Crippen LogP contribution in [0.2, 0.25) is 0 Å². The van der Waals surface area contributed by atoms with Crippen LogP contribution in [0.4, 0.5) is 0 Å². The van der Waals surface area contributed by atoms with Crippen molar-refractivity contribution >= 4 is 10.9 Å². The standard InChI is InChI=1S/C14H21N3O/c1-11(18)8-9-16(2)10-13-12-6-4-5-7-14(12)17(3)15-13/h4-7,11,18H,8-10H2,1-3H3. The molecule has 0 radical (unpaired) electrons. The highest BCUT2D eigenvalue weighted by Crippen LogP contribution is 2.18. The molecule has 1 aromatic heterocycles. The van der Waals surface area contributed by atoms with E-state index in [2.05, 4.69) is 29.2 Å². The van der Waals surface area contributed by atoms with Gasteiger partial charge in [0, 0.05) is 25.5 Å². The maximum Gasteiger partial charge on any atom is 0.0843 e. The number of fused-ring (bicyclic) bond motifs is 1. The van der Waals surface area contributed by atoms with E-state index in [0.717, 1.165) is 30.7 Å². The second kappa shape index (κ2) is 5.50. The Kier molecular flexibility index (Phi) is 3.99. The van der Waals surface area contributed by atoms with Gasteiger partial charge in [-0.2, -0.15) is 5.10 Å². The predicted molar refractivity (Wildman–Crippen MR) is 73.3 cm³/mol. The third kappa shape index (κ3) is 2.89. The van der Waals surface area contributed by atoms with E-state index in [-0.39, 0.29) is 6.10 Å². The summed E-state index contributed by atoms with van der Waals surface area (Å²) < 4.78 is 1.92. The maximum absolute atomic E-state index is 9.30. The van der Waals surface area contributed by atoms with Crippen LogP contribution >= 0.6 is 0 Å². The Morgan fingerprint density at radius 2 is 2.11 bits per heavy atom. The molecular formula is C14H21N3O. The monoisotopic (exact) mass is 247 g/mol. The van der Waals surface area contributed by atoms with E-state index in [4.69, 9.17) is 0 Å². The van der Waals surface area contributed by atoms with E-state index in [1.165, 1.54) is 5.39 Å². The van der Waals surface area contributed by atoms with Gasteiger partial charge >= 0.3 is 0 Å². The number of aliphatic hydroxyl groups excluding tert-OH is 1. The van der Waals surface area contributed by atoms with Gasteiger partial charge in [0.2, 0.25) is 0 Å². The number of benzene rings is 1. The fraction of sp³-hybridized carbons (Fsp3) is 0.500. The lowest BCUT2D eigenvalue weighted by Crippen LogP contribution is -2.22. The molecule has 0 fully saturated rings. The number of aliphatic hydroxyl groups is 1. The molecule has 2 rings (SSSR count). The number of rotatable bonds is 5. The van der Waals surface area contributed by atoms with Gasteiger partial charge in [0.25, 0.3) is 0 Å². The molecule has 1 unspecified atom stereocenters. The third-order valence-electron chi connectivity index (χ3n) is 3.18. The summed E-state index contributed by atoms with van der Waals surface area (Å²) in [5.41, 5.74) is 2.26. The lowest BCUT2D eigenvalue weighted by Gasteiger charge is -2.16. The van der Waals surface area contributed by atoms with E-state index in [1.54, 1.807) is 0 Å². The Balaban J connectivity index is 2.12. The summed E-state index contributed by atoms with van der Waals surface area (Å²) in [5, 5.41) is 15.1. The quantitative estimate of drug-likeness (QED) is 0.875. The maximum atomic E-state index is 9.30. The van der Waals surface area contributed by atoms with Crippen LogP contribution in [-0.2, 0) is 13.6 Å². The number of para-hydroxylation sites is 1. The molecule has 1 aromatic carbocycles. The molecule has 0 aliphatic rings. The fourth-order valence-electron chi connectivity index (χ4n) is 2.15. The van der Waals surface area contributed by atoms with Crippen molar-refractivity contribution < 1.29 is 5.11 Å². The highest BCUT2D eigenvalue weighted by Gasteiger charge is 2.10. The zero-order valence-electron chi connectivity index (χ0n) is 11.3. The zero-order valence-corrected chi connectivity index (χ0v) is 11.3. The van der Waals surface area contributed by atoms with E-state index in [9.17, 15) is 5.11 Å². The Morgan fingerprint density at radius 3 is 2.83 bits per heavy atom. The molecule has 1 atom stereocenters. The molecule has 0 amide bonds. The van der Waals surface area contributed by atoms with Crippen LogP contribution < -0.4 is 0 Å². The van der Waals surface area contributed by atoms with Gasteiger partial charge in [-0.1, -0.05) is 18.2 Å². The van der Waals surface area contributed by atoms with Gasteiger partial charge < -0.3 is 10.0 Å². The highest BCUT2D eigenvalue weighted by atomic mass is 16.3. The second-order valence-corrected chi connectivity index (χ2v) is 4.96. The van der Waals surface area contributed by atoms with E-state index >= 15 is 0 Å². The normalized spacial score (nSPS) is 13.4. The molecule has 0 aliphatic carbocycles. The molecule has 2 aromatic rings. The second-order valence-electron chi connectivity index (χ2n) is 4.96. The van der Waals surface area contributed by atoms with Gasteiger partial charge in [0.15, 0.2) is 0 Å². The molecule has 4 nitrogen and oxygen atoms in total. The molecule has 0 saturated heterocycles. The number of aryl methyl sites for hydroxylation is 1. The van der Waals surface area contributed by atoms with Crippen molar-refractivity contribution in [2.45, 2.75) is 26.0 Å². The summed E-state index contributed by atoms with van der Waals surface area (Å²) in [6.45, 7) is 3.51. The molecule has 1 N–H and O–H groups in total. The average Bonchev–Trinajstić information content (AvgIpc) is 2.65. The summed E-state index contributed by atoms with van der Waals surface area (Å²) in [4.78, 5) is 2.20. The fourth-order valence-corrected chi connectivity index (χ4v) is 2.15. The summed E-state index contributed by atoms with van der Waals surface area (Å²) in [6.07, 6.45) is 0.550. The molecule has 4 heteroatoms. The molecular weight excluding hydrogens is 226 g/mol. The summed E-state index contributed by atoms with van der Waals surface area (Å²) in [6, 6.07) is 8.27. The number of aromatic nitrogens is 2. The van der Waals surface area contributed by atoms with Crippen molar-refractivity contribution in [2.24, 2.45) is 7.05 Å².